The average molecular weight is 240 g/mol. The zero-order valence-corrected chi connectivity index (χ0v) is 11.0. The fourth-order valence-electron chi connectivity index (χ4n) is 2.19. The number of aliphatic hydroxyl groups is 1. The highest BCUT2D eigenvalue weighted by Gasteiger charge is 2.24. The maximum absolute atomic E-state index is 12.1. The lowest BCUT2D eigenvalue weighted by atomic mass is 10.1. The van der Waals surface area contributed by atoms with Crippen LogP contribution >= 0.6 is 0 Å². The Bertz CT molecular complexity index is 277. The second-order valence-electron chi connectivity index (χ2n) is 4.95. The minimum atomic E-state index is -0.0541. The molecule has 0 spiro atoms. The molecule has 0 heterocycles. The molecule has 0 fully saturated rings. The first-order valence-electron chi connectivity index (χ1n) is 6.34. The molecule has 0 saturated heterocycles. The molecule has 0 bridgehead atoms. The van der Waals surface area contributed by atoms with E-state index in [-0.39, 0.29) is 30.5 Å². The molecule has 0 radical (unpaired) electrons. The fraction of sp³-hybridized carbons (Fsp3) is 0.769. The molecule has 1 aliphatic carbocycles. The summed E-state index contributed by atoms with van der Waals surface area (Å²) in [7, 11) is 3.86. The summed E-state index contributed by atoms with van der Waals surface area (Å²) in [5, 5.41) is 12.1. The lowest BCUT2D eigenvalue weighted by molar-refractivity contribution is -0.126. The molecule has 1 rings (SSSR count). The van der Waals surface area contributed by atoms with Gasteiger partial charge in [-0.3, -0.25) is 9.69 Å². The van der Waals surface area contributed by atoms with Gasteiger partial charge in [0.25, 0.3) is 0 Å². The lowest BCUT2D eigenvalue weighted by Gasteiger charge is -2.24. The summed E-state index contributed by atoms with van der Waals surface area (Å²) >= 11 is 0. The summed E-state index contributed by atoms with van der Waals surface area (Å²) in [6, 6.07) is 0.0283. The summed E-state index contributed by atoms with van der Waals surface area (Å²) < 4.78 is 0. The Kier molecular flexibility index (Phi) is 5.65. The van der Waals surface area contributed by atoms with Gasteiger partial charge in [0.1, 0.15) is 0 Å². The van der Waals surface area contributed by atoms with Crippen LogP contribution in [-0.2, 0) is 4.79 Å². The number of carbonyl (C=O) groups is 1. The minimum absolute atomic E-state index is 0.0541. The van der Waals surface area contributed by atoms with Crippen LogP contribution in [0.15, 0.2) is 12.2 Å². The van der Waals surface area contributed by atoms with Gasteiger partial charge in [-0.1, -0.05) is 25.5 Å². The normalized spacial score (nSPS) is 25.2. The molecule has 2 N–H and O–H groups in total. The van der Waals surface area contributed by atoms with Crippen LogP contribution in [0.3, 0.4) is 0 Å². The molecule has 0 aromatic heterocycles. The first kappa shape index (κ1) is 14.2. The molecule has 98 valence electrons. The molecule has 3 atom stereocenters. The Balaban J connectivity index is 2.45. The van der Waals surface area contributed by atoms with Gasteiger partial charge in [0.15, 0.2) is 0 Å². The van der Waals surface area contributed by atoms with Gasteiger partial charge < -0.3 is 10.4 Å². The smallest absolute Gasteiger partial charge is 0.237 e. The van der Waals surface area contributed by atoms with Crippen molar-refractivity contribution >= 4 is 5.91 Å². The zero-order valence-electron chi connectivity index (χ0n) is 11.0. The van der Waals surface area contributed by atoms with Gasteiger partial charge in [-0.05, 0) is 26.9 Å². The second kappa shape index (κ2) is 6.77. The number of rotatable bonds is 6. The highest BCUT2D eigenvalue weighted by molar-refractivity contribution is 5.82. The molecule has 0 aromatic rings. The molecule has 1 amide bonds. The maximum atomic E-state index is 12.1. The van der Waals surface area contributed by atoms with E-state index in [2.05, 4.69) is 12.2 Å². The molecule has 0 saturated carbocycles. The molecule has 4 nitrogen and oxygen atoms in total. The Labute approximate surface area is 104 Å². The van der Waals surface area contributed by atoms with Crippen LogP contribution in [0.5, 0.6) is 0 Å². The number of aliphatic hydroxyl groups excluding tert-OH is 1. The third-order valence-electron chi connectivity index (χ3n) is 3.22. The van der Waals surface area contributed by atoms with Crippen LogP contribution in [0.25, 0.3) is 0 Å². The van der Waals surface area contributed by atoms with Crippen molar-refractivity contribution in [3.8, 4) is 0 Å². The van der Waals surface area contributed by atoms with Crippen LogP contribution < -0.4 is 5.32 Å². The van der Waals surface area contributed by atoms with Crippen LogP contribution in [0.1, 0.15) is 26.2 Å². The summed E-state index contributed by atoms with van der Waals surface area (Å²) in [6.45, 7) is 2.25. The Hall–Kier alpha value is -0.870. The molecule has 1 unspecified atom stereocenters. The fourth-order valence-corrected chi connectivity index (χ4v) is 2.19. The largest absolute Gasteiger partial charge is 0.396 e. The monoisotopic (exact) mass is 240 g/mol. The topological polar surface area (TPSA) is 52.6 Å². The van der Waals surface area contributed by atoms with E-state index < -0.39 is 0 Å². The molecular weight excluding hydrogens is 216 g/mol. The number of nitrogens with zero attached hydrogens (tertiary/aromatic N) is 1. The van der Waals surface area contributed by atoms with Crippen molar-refractivity contribution in [1.82, 2.24) is 10.2 Å². The minimum Gasteiger partial charge on any atom is -0.396 e. The SMILES string of the molecule is CCCC(C(=O)N[C@@H]1C=C[C@H](CO)C1)N(C)C. The third-order valence-corrected chi connectivity index (χ3v) is 3.22. The third kappa shape index (κ3) is 4.13. The first-order chi connectivity index (χ1) is 8.08. The van der Waals surface area contributed by atoms with Gasteiger partial charge in [-0.15, -0.1) is 0 Å². The van der Waals surface area contributed by atoms with Gasteiger partial charge in [0, 0.05) is 18.6 Å². The van der Waals surface area contributed by atoms with E-state index in [4.69, 9.17) is 5.11 Å². The van der Waals surface area contributed by atoms with Crippen molar-refractivity contribution in [2.75, 3.05) is 20.7 Å². The molecule has 17 heavy (non-hydrogen) atoms. The second-order valence-corrected chi connectivity index (χ2v) is 4.95. The molecule has 1 aliphatic rings. The van der Waals surface area contributed by atoms with Crippen molar-refractivity contribution in [1.29, 1.82) is 0 Å². The lowest BCUT2D eigenvalue weighted by Crippen LogP contribution is -2.46. The predicted molar refractivity (Wildman–Crippen MR) is 68.6 cm³/mol. The van der Waals surface area contributed by atoms with E-state index in [9.17, 15) is 4.79 Å². The van der Waals surface area contributed by atoms with Gasteiger partial charge in [-0.25, -0.2) is 0 Å². The van der Waals surface area contributed by atoms with Crippen molar-refractivity contribution in [2.45, 2.75) is 38.3 Å². The van der Waals surface area contributed by atoms with Gasteiger partial charge in [-0.2, -0.15) is 0 Å². The van der Waals surface area contributed by atoms with E-state index in [0.29, 0.717) is 0 Å². The van der Waals surface area contributed by atoms with Crippen LogP contribution in [0.4, 0.5) is 0 Å². The van der Waals surface area contributed by atoms with Crippen LogP contribution in [-0.4, -0.2) is 48.7 Å². The van der Waals surface area contributed by atoms with Crippen molar-refractivity contribution in [3.63, 3.8) is 0 Å². The summed E-state index contributed by atoms with van der Waals surface area (Å²) in [6.07, 6.45) is 6.65. The van der Waals surface area contributed by atoms with Crippen molar-refractivity contribution < 1.29 is 9.90 Å². The predicted octanol–water partition coefficient (Wildman–Crippen LogP) is 0.770. The molecular formula is C13H24N2O2. The summed E-state index contributed by atoms with van der Waals surface area (Å²) in [5.74, 6) is 0.286. The number of hydrogen-bond acceptors (Lipinski definition) is 3. The van der Waals surface area contributed by atoms with E-state index >= 15 is 0 Å². The average Bonchev–Trinajstić information content (AvgIpc) is 2.72. The van der Waals surface area contributed by atoms with Gasteiger partial charge in [0.05, 0.1) is 6.04 Å². The van der Waals surface area contributed by atoms with Crippen LogP contribution in [0, 0.1) is 5.92 Å². The van der Waals surface area contributed by atoms with Crippen LogP contribution in [0.2, 0.25) is 0 Å². The van der Waals surface area contributed by atoms with Crippen molar-refractivity contribution in [3.05, 3.63) is 12.2 Å². The van der Waals surface area contributed by atoms with E-state index in [1.54, 1.807) is 0 Å². The quantitative estimate of drug-likeness (QED) is 0.674. The Morgan fingerprint density at radius 3 is 2.71 bits per heavy atom. The van der Waals surface area contributed by atoms with E-state index in [1.165, 1.54) is 0 Å². The number of nitrogens with one attached hydrogen (secondary N) is 1. The standard InChI is InChI=1S/C13H24N2O2/c1-4-5-12(15(2)3)13(17)14-11-7-6-10(8-11)9-16/h6-7,10-12,16H,4-5,8-9H2,1-3H3,(H,14,17)/t10-,11+,12?/m0/s1. The van der Waals surface area contributed by atoms with Gasteiger partial charge >= 0.3 is 0 Å². The highest BCUT2D eigenvalue weighted by Crippen LogP contribution is 2.17. The molecule has 4 heteroatoms. The molecule has 0 aliphatic heterocycles. The van der Waals surface area contributed by atoms with E-state index in [1.807, 2.05) is 31.1 Å². The number of carbonyl (C=O) groups excluding carboxylic acids is 1. The summed E-state index contributed by atoms with van der Waals surface area (Å²) in [4.78, 5) is 14.0. The first-order valence-corrected chi connectivity index (χ1v) is 6.34. The van der Waals surface area contributed by atoms with E-state index in [0.717, 1.165) is 19.3 Å². The number of likely N-dealkylation sites (N-methyl/N-ethyl adjacent to an activating group) is 1. The Morgan fingerprint density at radius 1 is 1.53 bits per heavy atom. The maximum Gasteiger partial charge on any atom is 0.237 e. The highest BCUT2D eigenvalue weighted by atomic mass is 16.3. The molecule has 0 aromatic carbocycles. The summed E-state index contributed by atoms with van der Waals surface area (Å²) in [5.41, 5.74) is 0. The Morgan fingerprint density at radius 2 is 2.24 bits per heavy atom. The van der Waals surface area contributed by atoms with Crippen molar-refractivity contribution in [2.24, 2.45) is 5.92 Å². The number of hydrogen-bond donors (Lipinski definition) is 2. The number of amides is 1. The zero-order chi connectivity index (χ0) is 12.8. The van der Waals surface area contributed by atoms with Gasteiger partial charge in [0.2, 0.25) is 5.91 Å².